The average Bonchev–Trinajstić information content (AvgIpc) is 3.05. The molecule has 0 radical (unpaired) electrons. The third-order valence-electron chi connectivity index (χ3n) is 3.91. The number of nitrogens with zero attached hydrogens (tertiary/aromatic N) is 2. The van der Waals surface area contributed by atoms with Gasteiger partial charge in [0.2, 0.25) is 0 Å². The number of carbonyl (C=O) groups excluding carboxylic acids is 1. The van der Waals surface area contributed by atoms with E-state index < -0.39 is 0 Å². The first kappa shape index (κ1) is 15.6. The molecule has 0 bridgehead atoms. The molecule has 0 saturated carbocycles. The first-order valence-electron chi connectivity index (χ1n) is 7.33. The second-order valence-corrected chi connectivity index (χ2v) is 6.18. The van der Waals surface area contributed by atoms with E-state index in [0.29, 0.717) is 17.1 Å². The predicted molar refractivity (Wildman–Crippen MR) is 89.5 cm³/mol. The maximum absolute atomic E-state index is 12.7. The number of amides is 1. The molecule has 2 heterocycles. The molecule has 122 valence electrons. The van der Waals surface area contributed by atoms with Gasteiger partial charge in [-0.3, -0.25) is 4.79 Å². The fourth-order valence-electron chi connectivity index (χ4n) is 2.61. The highest BCUT2D eigenvalue weighted by Crippen LogP contribution is 2.39. The van der Waals surface area contributed by atoms with Gasteiger partial charge in [-0.25, -0.2) is 4.98 Å². The maximum Gasteiger partial charge on any atom is 0.257 e. The second kappa shape index (κ2) is 6.08. The molecule has 7 heteroatoms. The van der Waals surface area contributed by atoms with Crippen molar-refractivity contribution in [1.82, 2.24) is 9.88 Å². The summed E-state index contributed by atoms with van der Waals surface area (Å²) >= 11 is 1.61. The average molecular weight is 333 g/mol. The Hall–Kier alpha value is -2.28. The van der Waals surface area contributed by atoms with Gasteiger partial charge in [0.05, 0.1) is 36.2 Å². The summed E-state index contributed by atoms with van der Waals surface area (Å²) in [5.74, 6) is 1.05. The summed E-state index contributed by atoms with van der Waals surface area (Å²) in [5, 5.41) is 6.42. The van der Waals surface area contributed by atoms with Gasteiger partial charge < -0.3 is 19.7 Å². The smallest absolute Gasteiger partial charge is 0.257 e. The van der Waals surface area contributed by atoms with Gasteiger partial charge in [0, 0.05) is 18.5 Å². The Bertz CT molecular complexity index is 744. The van der Waals surface area contributed by atoms with Crippen molar-refractivity contribution < 1.29 is 14.3 Å². The van der Waals surface area contributed by atoms with Crippen LogP contribution in [-0.4, -0.2) is 37.1 Å². The van der Waals surface area contributed by atoms with Crippen molar-refractivity contribution in [3.05, 3.63) is 33.8 Å². The fraction of sp³-hybridized carbons (Fsp3) is 0.375. The molecule has 1 atom stereocenters. The third-order valence-corrected chi connectivity index (χ3v) is 4.92. The van der Waals surface area contributed by atoms with Crippen molar-refractivity contribution in [2.45, 2.75) is 19.5 Å². The number of ether oxygens (including phenoxy) is 2. The monoisotopic (exact) mass is 333 g/mol. The van der Waals surface area contributed by atoms with E-state index in [1.807, 2.05) is 5.38 Å². The van der Waals surface area contributed by atoms with Crippen molar-refractivity contribution in [2.24, 2.45) is 0 Å². The van der Waals surface area contributed by atoms with Crippen molar-refractivity contribution in [1.29, 1.82) is 0 Å². The largest absolute Gasteiger partial charge is 0.493 e. The number of aryl methyl sites for hydroxylation is 1. The van der Waals surface area contributed by atoms with Crippen molar-refractivity contribution >= 4 is 22.9 Å². The number of anilines is 1. The first-order valence-corrected chi connectivity index (χ1v) is 8.21. The van der Waals surface area contributed by atoms with Gasteiger partial charge in [-0.05, 0) is 12.5 Å². The van der Waals surface area contributed by atoms with Crippen LogP contribution in [0.3, 0.4) is 0 Å². The molecule has 2 aromatic rings. The zero-order valence-electron chi connectivity index (χ0n) is 13.5. The van der Waals surface area contributed by atoms with E-state index in [2.05, 4.69) is 17.2 Å². The number of fused-ring (bicyclic) bond motifs is 1. The van der Waals surface area contributed by atoms with Crippen LogP contribution in [-0.2, 0) is 6.42 Å². The molecule has 1 aliphatic rings. The Balaban J connectivity index is 2.02. The number of methoxy groups -OCH3 is 2. The highest BCUT2D eigenvalue weighted by atomic mass is 32.1. The van der Waals surface area contributed by atoms with Gasteiger partial charge in [0.15, 0.2) is 11.5 Å². The first-order chi connectivity index (χ1) is 11.1. The minimum atomic E-state index is -0.287. The number of rotatable bonds is 4. The summed E-state index contributed by atoms with van der Waals surface area (Å²) in [7, 11) is 4.90. The topological polar surface area (TPSA) is 63.7 Å². The van der Waals surface area contributed by atoms with Gasteiger partial charge in [-0.2, -0.15) is 0 Å². The lowest BCUT2D eigenvalue weighted by molar-refractivity contribution is 0.0732. The minimum absolute atomic E-state index is 0.0734. The van der Waals surface area contributed by atoms with Gasteiger partial charge >= 0.3 is 0 Å². The molecule has 6 nitrogen and oxygen atoms in total. The van der Waals surface area contributed by atoms with Gasteiger partial charge in [0.25, 0.3) is 5.91 Å². The van der Waals surface area contributed by atoms with Crippen LogP contribution in [0.5, 0.6) is 11.5 Å². The van der Waals surface area contributed by atoms with E-state index in [1.54, 1.807) is 49.6 Å². The van der Waals surface area contributed by atoms with Crippen LogP contribution >= 0.6 is 11.3 Å². The Kier molecular flexibility index (Phi) is 4.12. The maximum atomic E-state index is 12.7. The molecular formula is C16H19N3O3S. The number of aromatic nitrogens is 1. The van der Waals surface area contributed by atoms with Crippen LogP contribution in [0.4, 0.5) is 5.69 Å². The number of hydrogen-bond donors (Lipinski definition) is 1. The predicted octanol–water partition coefficient (Wildman–Crippen LogP) is 2.92. The van der Waals surface area contributed by atoms with E-state index in [1.165, 1.54) is 0 Å². The second-order valence-electron chi connectivity index (χ2n) is 5.24. The van der Waals surface area contributed by atoms with Crippen LogP contribution in [0.1, 0.15) is 34.1 Å². The van der Waals surface area contributed by atoms with Crippen LogP contribution in [0.2, 0.25) is 0 Å². The molecule has 0 spiro atoms. The molecule has 3 rings (SSSR count). The minimum Gasteiger partial charge on any atom is -0.493 e. The van der Waals surface area contributed by atoms with E-state index in [9.17, 15) is 4.79 Å². The van der Waals surface area contributed by atoms with Crippen molar-refractivity contribution in [3.8, 4) is 11.5 Å². The summed E-state index contributed by atoms with van der Waals surface area (Å²) in [6.45, 7) is 2.07. The molecule has 1 aliphatic heterocycles. The number of nitrogens with one attached hydrogen (secondary N) is 1. The third kappa shape index (κ3) is 2.61. The Morgan fingerprint density at radius 1 is 1.30 bits per heavy atom. The standard InChI is InChI=1S/C16H19N3O3S/c1-5-14-17-11(8-23-14)15-18-10-7-13(22-4)12(21-3)6-9(10)16(20)19(15)2/h6-8,15,18H,5H2,1-4H3/t15-/m0/s1. The van der Waals surface area contributed by atoms with Gasteiger partial charge in [-0.15, -0.1) is 11.3 Å². The molecule has 1 aromatic heterocycles. The molecule has 0 saturated heterocycles. The lowest BCUT2D eigenvalue weighted by Gasteiger charge is -2.34. The summed E-state index contributed by atoms with van der Waals surface area (Å²) in [4.78, 5) is 19.0. The SMILES string of the molecule is CCc1nc([C@H]2Nc3cc(OC)c(OC)cc3C(=O)N2C)cs1. The zero-order valence-corrected chi connectivity index (χ0v) is 14.4. The molecule has 0 aliphatic carbocycles. The van der Waals surface area contributed by atoms with E-state index in [-0.39, 0.29) is 12.1 Å². The number of hydrogen-bond acceptors (Lipinski definition) is 6. The quantitative estimate of drug-likeness (QED) is 0.932. The van der Waals surface area contributed by atoms with Crippen molar-refractivity contribution in [2.75, 3.05) is 26.6 Å². The number of thiazole rings is 1. The molecule has 1 aromatic carbocycles. The van der Waals surface area contributed by atoms with Crippen LogP contribution in [0.25, 0.3) is 0 Å². The highest BCUT2D eigenvalue weighted by molar-refractivity contribution is 7.09. The molecule has 1 N–H and O–H groups in total. The van der Waals surface area contributed by atoms with E-state index >= 15 is 0 Å². The number of carbonyl (C=O) groups is 1. The lowest BCUT2D eigenvalue weighted by atomic mass is 10.1. The fourth-order valence-corrected chi connectivity index (χ4v) is 3.38. The molecule has 0 fully saturated rings. The Morgan fingerprint density at radius 2 is 2.00 bits per heavy atom. The Morgan fingerprint density at radius 3 is 2.61 bits per heavy atom. The zero-order chi connectivity index (χ0) is 16.6. The number of benzene rings is 1. The summed E-state index contributed by atoms with van der Waals surface area (Å²) in [6, 6.07) is 3.49. The lowest BCUT2D eigenvalue weighted by Crippen LogP contribution is -2.40. The van der Waals surface area contributed by atoms with E-state index in [4.69, 9.17) is 9.47 Å². The highest BCUT2D eigenvalue weighted by Gasteiger charge is 2.33. The van der Waals surface area contributed by atoms with Crippen LogP contribution < -0.4 is 14.8 Å². The molecular weight excluding hydrogens is 314 g/mol. The van der Waals surface area contributed by atoms with Crippen molar-refractivity contribution in [3.63, 3.8) is 0 Å². The molecule has 1 amide bonds. The van der Waals surface area contributed by atoms with Gasteiger partial charge in [-0.1, -0.05) is 6.92 Å². The van der Waals surface area contributed by atoms with E-state index in [0.717, 1.165) is 22.8 Å². The normalized spacial score (nSPS) is 16.8. The molecule has 23 heavy (non-hydrogen) atoms. The summed E-state index contributed by atoms with van der Waals surface area (Å²) in [6.07, 6.45) is 0.598. The van der Waals surface area contributed by atoms with Crippen LogP contribution in [0.15, 0.2) is 17.5 Å². The summed E-state index contributed by atoms with van der Waals surface area (Å²) in [5.41, 5.74) is 2.14. The summed E-state index contributed by atoms with van der Waals surface area (Å²) < 4.78 is 10.6. The Labute approximate surface area is 139 Å². The van der Waals surface area contributed by atoms with Crippen LogP contribution in [0, 0.1) is 0 Å². The molecule has 0 unspecified atom stereocenters. The van der Waals surface area contributed by atoms with Gasteiger partial charge in [0.1, 0.15) is 6.17 Å².